The lowest BCUT2D eigenvalue weighted by molar-refractivity contribution is -0.123. The summed E-state index contributed by atoms with van der Waals surface area (Å²) in [6.07, 6.45) is 4.48. The summed E-state index contributed by atoms with van der Waals surface area (Å²) in [7, 11) is 0. The first kappa shape index (κ1) is 12.4. The minimum absolute atomic E-state index is 0.244. The summed E-state index contributed by atoms with van der Waals surface area (Å²) < 4.78 is 0. The van der Waals surface area contributed by atoms with Crippen LogP contribution in [0, 0.1) is 11.8 Å². The molecule has 0 aromatic heterocycles. The Morgan fingerprint density at radius 3 is 2.80 bits per heavy atom. The summed E-state index contributed by atoms with van der Waals surface area (Å²) >= 11 is 0. The molecule has 1 saturated carbocycles. The van der Waals surface area contributed by atoms with Crippen LogP contribution in [0.3, 0.4) is 0 Å². The van der Waals surface area contributed by atoms with Crippen LogP contribution in [-0.4, -0.2) is 25.0 Å². The van der Waals surface area contributed by atoms with E-state index in [-0.39, 0.29) is 5.92 Å². The maximum absolute atomic E-state index is 12.5. The van der Waals surface area contributed by atoms with E-state index >= 15 is 0 Å². The number of carbonyl (C=O) groups is 1. The number of hydrogen-bond acceptors (Lipinski definition) is 2. The topological polar surface area (TPSA) is 41.1 Å². The Bertz CT molecular complexity index is 521. The van der Waals surface area contributed by atoms with Crippen molar-refractivity contribution in [3.8, 4) is 0 Å². The number of hydrogen-bond donors (Lipinski definition) is 2. The fourth-order valence-corrected chi connectivity index (χ4v) is 4.19. The van der Waals surface area contributed by atoms with Crippen molar-refractivity contribution in [2.24, 2.45) is 11.8 Å². The fourth-order valence-electron chi connectivity index (χ4n) is 4.19. The first-order chi connectivity index (χ1) is 9.84. The number of aryl methyl sites for hydroxylation is 1. The number of nitrogens with one attached hydrogen (secondary N) is 2. The van der Waals surface area contributed by atoms with E-state index in [2.05, 4.69) is 34.9 Å². The van der Waals surface area contributed by atoms with Crippen LogP contribution in [0.2, 0.25) is 0 Å². The van der Waals surface area contributed by atoms with E-state index in [1.807, 2.05) is 0 Å². The zero-order valence-electron chi connectivity index (χ0n) is 11.8. The van der Waals surface area contributed by atoms with E-state index < -0.39 is 0 Å². The van der Waals surface area contributed by atoms with Crippen molar-refractivity contribution >= 4 is 5.91 Å². The molecule has 1 aliphatic heterocycles. The minimum Gasteiger partial charge on any atom is -0.353 e. The van der Waals surface area contributed by atoms with Gasteiger partial charge in [-0.1, -0.05) is 24.3 Å². The third-order valence-electron chi connectivity index (χ3n) is 5.32. The number of piperidine rings is 1. The Labute approximate surface area is 120 Å². The second-order valence-electron chi connectivity index (χ2n) is 6.49. The van der Waals surface area contributed by atoms with Gasteiger partial charge in [-0.3, -0.25) is 4.79 Å². The molecular formula is C17H22N2O. The second kappa shape index (κ2) is 4.88. The molecule has 1 aromatic carbocycles. The molecule has 0 radical (unpaired) electrons. The first-order valence-electron chi connectivity index (χ1n) is 7.93. The number of amides is 1. The molecule has 3 nitrogen and oxygen atoms in total. The highest BCUT2D eigenvalue weighted by atomic mass is 16.2. The van der Waals surface area contributed by atoms with Crippen molar-refractivity contribution in [1.82, 2.24) is 10.6 Å². The molecule has 106 valence electrons. The Hall–Kier alpha value is -1.35. The molecule has 2 fully saturated rings. The largest absolute Gasteiger partial charge is 0.353 e. The first-order valence-corrected chi connectivity index (χ1v) is 7.93. The van der Waals surface area contributed by atoms with Gasteiger partial charge in [0.25, 0.3) is 0 Å². The fraction of sp³-hybridized carbons (Fsp3) is 0.588. The lowest BCUT2D eigenvalue weighted by atomic mass is 9.92. The summed E-state index contributed by atoms with van der Waals surface area (Å²) in [5.74, 6) is 1.66. The van der Waals surface area contributed by atoms with E-state index in [1.165, 1.54) is 17.5 Å². The normalized spacial score (nSPS) is 32.1. The van der Waals surface area contributed by atoms with E-state index in [9.17, 15) is 4.79 Å². The molecule has 2 N–H and O–H groups in total. The van der Waals surface area contributed by atoms with E-state index in [0.29, 0.717) is 23.8 Å². The number of benzene rings is 1. The van der Waals surface area contributed by atoms with E-state index in [1.54, 1.807) is 0 Å². The molecule has 1 saturated heterocycles. The Morgan fingerprint density at radius 2 is 1.95 bits per heavy atom. The van der Waals surface area contributed by atoms with Crippen LogP contribution in [-0.2, 0) is 11.2 Å². The van der Waals surface area contributed by atoms with Crippen LogP contribution in [0.4, 0.5) is 0 Å². The molecule has 1 aromatic rings. The minimum atomic E-state index is 0.244. The molecule has 3 atom stereocenters. The quantitative estimate of drug-likeness (QED) is 0.861. The Morgan fingerprint density at radius 1 is 1.15 bits per heavy atom. The highest BCUT2D eigenvalue weighted by Crippen LogP contribution is 2.59. The number of fused-ring (bicyclic) bond motifs is 3. The summed E-state index contributed by atoms with van der Waals surface area (Å²) in [6.45, 7) is 2.07. The zero-order valence-corrected chi connectivity index (χ0v) is 11.8. The van der Waals surface area contributed by atoms with Gasteiger partial charge < -0.3 is 10.6 Å². The van der Waals surface area contributed by atoms with Crippen LogP contribution < -0.4 is 10.6 Å². The molecule has 1 heterocycles. The molecule has 3 heteroatoms. The lowest BCUT2D eigenvalue weighted by Crippen LogP contribution is -2.43. The summed E-state index contributed by atoms with van der Waals surface area (Å²) in [4.78, 5) is 12.5. The van der Waals surface area contributed by atoms with Crippen LogP contribution in [0.1, 0.15) is 36.3 Å². The van der Waals surface area contributed by atoms with Gasteiger partial charge in [-0.05, 0) is 61.7 Å². The van der Waals surface area contributed by atoms with Crippen molar-refractivity contribution in [3.05, 3.63) is 35.4 Å². The lowest BCUT2D eigenvalue weighted by Gasteiger charge is -2.23. The van der Waals surface area contributed by atoms with Crippen molar-refractivity contribution in [1.29, 1.82) is 0 Å². The van der Waals surface area contributed by atoms with Crippen molar-refractivity contribution in [2.45, 2.75) is 37.6 Å². The SMILES string of the molecule is O=C(NC1CCNCC1)C1C2CCc3ccccc3C21. The molecular weight excluding hydrogens is 248 g/mol. The molecule has 3 aliphatic rings. The molecule has 4 rings (SSSR count). The molecule has 1 amide bonds. The van der Waals surface area contributed by atoms with Gasteiger partial charge in [0.1, 0.15) is 0 Å². The van der Waals surface area contributed by atoms with Crippen LogP contribution in [0.5, 0.6) is 0 Å². The van der Waals surface area contributed by atoms with Crippen molar-refractivity contribution in [2.75, 3.05) is 13.1 Å². The molecule has 2 aliphatic carbocycles. The third kappa shape index (κ3) is 2.05. The van der Waals surface area contributed by atoms with Gasteiger partial charge in [-0.25, -0.2) is 0 Å². The van der Waals surface area contributed by atoms with Crippen molar-refractivity contribution < 1.29 is 4.79 Å². The van der Waals surface area contributed by atoms with Gasteiger partial charge >= 0.3 is 0 Å². The number of carbonyl (C=O) groups excluding carboxylic acids is 1. The van der Waals surface area contributed by atoms with Gasteiger partial charge in [-0.15, -0.1) is 0 Å². The summed E-state index contributed by atoms with van der Waals surface area (Å²) in [6, 6.07) is 9.07. The van der Waals surface area contributed by atoms with Gasteiger partial charge in [0.05, 0.1) is 0 Å². The highest BCUT2D eigenvalue weighted by molar-refractivity contribution is 5.84. The average Bonchev–Trinajstić information content (AvgIpc) is 3.23. The van der Waals surface area contributed by atoms with E-state index in [0.717, 1.165) is 32.4 Å². The number of rotatable bonds is 2. The maximum Gasteiger partial charge on any atom is 0.224 e. The van der Waals surface area contributed by atoms with E-state index in [4.69, 9.17) is 0 Å². The second-order valence-corrected chi connectivity index (χ2v) is 6.49. The molecule has 3 unspecified atom stereocenters. The third-order valence-corrected chi connectivity index (χ3v) is 5.32. The molecule has 20 heavy (non-hydrogen) atoms. The predicted octanol–water partition coefficient (Wildman–Crippen LogP) is 1.83. The Balaban J connectivity index is 1.45. The maximum atomic E-state index is 12.5. The van der Waals surface area contributed by atoms with Crippen LogP contribution in [0.15, 0.2) is 24.3 Å². The standard InChI is InChI=1S/C17H22N2O/c20-17(19-12-7-9-18-10-8-12)16-14-6-5-11-3-1-2-4-13(11)15(14)16/h1-4,12,14-16,18H,5-10H2,(H,19,20). The van der Waals surface area contributed by atoms with Gasteiger partial charge in [0, 0.05) is 12.0 Å². The van der Waals surface area contributed by atoms with Gasteiger partial charge in [0.2, 0.25) is 5.91 Å². The zero-order chi connectivity index (χ0) is 13.5. The highest BCUT2D eigenvalue weighted by Gasteiger charge is 2.57. The van der Waals surface area contributed by atoms with Crippen LogP contribution >= 0.6 is 0 Å². The molecule has 0 spiro atoms. The average molecular weight is 270 g/mol. The van der Waals surface area contributed by atoms with Gasteiger partial charge in [-0.2, -0.15) is 0 Å². The smallest absolute Gasteiger partial charge is 0.224 e. The monoisotopic (exact) mass is 270 g/mol. The predicted molar refractivity (Wildman–Crippen MR) is 78.5 cm³/mol. The summed E-state index contributed by atoms with van der Waals surface area (Å²) in [5, 5.41) is 6.63. The Kier molecular flexibility index (Phi) is 3.03. The van der Waals surface area contributed by atoms with Crippen molar-refractivity contribution in [3.63, 3.8) is 0 Å². The van der Waals surface area contributed by atoms with Crippen LogP contribution in [0.25, 0.3) is 0 Å². The van der Waals surface area contributed by atoms with Gasteiger partial charge in [0.15, 0.2) is 0 Å². The summed E-state index contributed by atoms with van der Waals surface area (Å²) in [5.41, 5.74) is 2.90. The molecule has 0 bridgehead atoms.